The maximum absolute atomic E-state index is 10.9. The number of nitrogens with one attached hydrogen (secondary N) is 1. The second-order valence-electron chi connectivity index (χ2n) is 3.43. The van der Waals surface area contributed by atoms with Gasteiger partial charge in [0.2, 0.25) is 0 Å². The van der Waals surface area contributed by atoms with Crippen molar-refractivity contribution >= 4 is 16.9 Å². The molecule has 1 aromatic heterocycles. The number of aromatic nitrogens is 1. The number of carboxylic acid groups (broad SMARTS) is 1. The van der Waals surface area contributed by atoms with Crippen LogP contribution in [0, 0.1) is 13.8 Å². The molecule has 0 saturated carbocycles. The molecule has 0 spiro atoms. The first-order valence-corrected chi connectivity index (χ1v) is 4.42. The Balaban J connectivity index is 2.87. The molecule has 14 heavy (non-hydrogen) atoms. The number of carboxylic acids is 1. The largest absolute Gasteiger partial charge is 0.477 e. The fourth-order valence-electron chi connectivity index (χ4n) is 1.84. The van der Waals surface area contributed by atoms with Crippen LogP contribution in [0.1, 0.15) is 21.6 Å². The van der Waals surface area contributed by atoms with E-state index in [1.807, 2.05) is 32.0 Å². The van der Waals surface area contributed by atoms with E-state index in [0.29, 0.717) is 0 Å². The Bertz CT molecular complexity index is 511. The van der Waals surface area contributed by atoms with Gasteiger partial charge in [0, 0.05) is 10.9 Å². The number of aromatic amines is 1. The van der Waals surface area contributed by atoms with Crippen molar-refractivity contribution in [2.24, 2.45) is 0 Å². The molecule has 0 unspecified atom stereocenters. The number of H-pyrrole nitrogens is 1. The van der Waals surface area contributed by atoms with Crippen LogP contribution in [0.5, 0.6) is 0 Å². The molecule has 1 aromatic carbocycles. The molecule has 0 aliphatic heterocycles. The van der Waals surface area contributed by atoms with Crippen LogP contribution in [0.4, 0.5) is 0 Å². The molecule has 2 aromatic rings. The van der Waals surface area contributed by atoms with E-state index in [0.717, 1.165) is 22.0 Å². The first kappa shape index (κ1) is 8.81. The third-order valence-electron chi connectivity index (χ3n) is 2.50. The van der Waals surface area contributed by atoms with Gasteiger partial charge >= 0.3 is 5.97 Å². The first-order chi connectivity index (χ1) is 6.61. The summed E-state index contributed by atoms with van der Waals surface area (Å²) in [5, 5.41) is 9.94. The Morgan fingerprint density at radius 2 is 2.07 bits per heavy atom. The number of hydrogen-bond acceptors (Lipinski definition) is 1. The molecule has 3 nitrogen and oxygen atoms in total. The van der Waals surface area contributed by atoms with E-state index >= 15 is 0 Å². The fourth-order valence-corrected chi connectivity index (χ4v) is 1.84. The van der Waals surface area contributed by atoms with Gasteiger partial charge in [0.1, 0.15) is 5.69 Å². The second-order valence-corrected chi connectivity index (χ2v) is 3.43. The topological polar surface area (TPSA) is 53.1 Å². The Kier molecular flexibility index (Phi) is 1.81. The van der Waals surface area contributed by atoms with E-state index in [9.17, 15) is 4.79 Å². The van der Waals surface area contributed by atoms with Crippen LogP contribution in [-0.4, -0.2) is 16.1 Å². The Morgan fingerprint density at radius 3 is 2.64 bits per heavy atom. The number of benzene rings is 1. The van der Waals surface area contributed by atoms with Gasteiger partial charge in [-0.3, -0.25) is 0 Å². The third kappa shape index (κ3) is 1.09. The second kappa shape index (κ2) is 2.87. The molecule has 0 aliphatic rings. The summed E-state index contributed by atoms with van der Waals surface area (Å²) >= 11 is 0. The molecule has 0 radical (unpaired) electrons. The third-order valence-corrected chi connectivity index (χ3v) is 2.50. The summed E-state index contributed by atoms with van der Waals surface area (Å²) in [7, 11) is 0. The van der Waals surface area contributed by atoms with Crippen molar-refractivity contribution in [3.05, 3.63) is 35.0 Å². The number of hydrogen-bond donors (Lipinski definition) is 2. The van der Waals surface area contributed by atoms with Crippen LogP contribution >= 0.6 is 0 Å². The van der Waals surface area contributed by atoms with E-state index in [-0.39, 0.29) is 5.69 Å². The monoisotopic (exact) mass is 189 g/mol. The summed E-state index contributed by atoms with van der Waals surface area (Å²) in [5.41, 5.74) is 3.09. The van der Waals surface area contributed by atoms with Gasteiger partial charge in [-0.05, 0) is 31.0 Å². The molecule has 3 heteroatoms. The van der Waals surface area contributed by atoms with Crippen molar-refractivity contribution in [3.63, 3.8) is 0 Å². The van der Waals surface area contributed by atoms with Crippen molar-refractivity contribution in [2.75, 3.05) is 0 Å². The van der Waals surface area contributed by atoms with Gasteiger partial charge in [0.25, 0.3) is 0 Å². The highest BCUT2D eigenvalue weighted by molar-refractivity contribution is 5.98. The van der Waals surface area contributed by atoms with Crippen molar-refractivity contribution in [3.8, 4) is 0 Å². The van der Waals surface area contributed by atoms with Gasteiger partial charge in [0.05, 0.1) is 0 Å². The summed E-state index contributed by atoms with van der Waals surface area (Å²) in [4.78, 5) is 13.8. The minimum Gasteiger partial charge on any atom is -0.477 e. The van der Waals surface area contributed by atoms with Gasteiger partial charge in [-0.2, -0.15) is 0 Å². The van der Waals surface area contributed by atoms with Crippen LogP contribution in [-0.2, 0) is 0 Å². The molecular weight excluding hydrogens is 178 g/mol. The lowest BCUT2D eigenvalue weighted by Gasteiger charge is -1.96. The van der Waals surface area contributed by atoms with Crippen LogP contribution in [0.15, 0.2) is 18.2 Å². The Morgan fingerprint density at radius 1 is 1.36 bits per heavy atom. The first-order valence-electron chi connectivity index (χ1n) is 4.42. The number of carbonyl (C=O) groups is 1. The predicted molar refractivity (Wildman–Crippen MR) is 54.7 cm³/mol. The van der Waals surface area contributed by atoms with Crippen LogP contribution < -0.4 is 0 Å². The fraction of sp³-hybridized carbons (Fsp3) is 0.182. The van der Waals surface area contributed by atoms with Gasteiger partial charge in [-0.25, -0.2) is 4.79 Å². The van der Waals surface area contributed by atoms with Gasteiger partial charge < -0.3 is 10.1 Å². The van der Waals surface area contributed by atoms with E-state index in [2.05, 4.69) is 4.98 Å². The number of aryl methyl sites for hydroxylation is 2. The van der Waals surface area contributed by atoms with Crippen molar-refractivity contribution < 1.29 is 9.90 Å². The van der Waals surface area contributed by atoms with Crippen molar-refractivity contribution in [1.82, 2.24) is 4.98 Å². The summed E-state index contributed by atoms with van der Waals surface area (Å²) in [6, 6.07) is 5.79. The molecule has 72 valence electrons. The van der Waals surface area contributed by atoms with Crippen LogP contribution in [0.3, 0.4) is 0 Å². The SMILES string of the molecule is Cc1cccc2[nH]c(C(=O)O)c(C)c12. The number of fused-ring (bicyclic) bond motifs is 1. The average Bonchev–Trinajstić information content (AvgIpc) is 2.45. The highest BCUT2D eigenvalue weighted by Crippen LogP contribution is 2.24. The average molecular weight is 189 g/mol. The summed E-state index contributed by atoms with van der Waals surface area (Å²) in [6.45, 7) is 3.81. The molecule has 1 heterocycles. The van der Waals surface area contributed by atoms with Crippen LogP contribution in [0.25, 0.3) is 10.9 Å². The van der Waals surface area contributed by atoms with Crippen molar-refractivity contribution in [1.29, 1.82) is 0 Å². The van der Waals surface area contributed by atoms with Crippen molar-refractivity contribution in [2.45, 2.75) is 13.8 Å². The molecule has 0 aliphatic carbocycles. The molecule has 0 saturated heterocycles. The lowest BCUT2D eigenvalue weighted by molar-refractivity contribution is 0.0691. The minimum atomic E-state index is -0.905. The number of rotatable bonds is 1. The van der Waals surface area contributed by atoms with E-state index < -0.39 is 5.97 Å². The molecule has 0 bridgehead atoms. The van der Waals surface area contributed by atoms with Crippen LogP contribution in [0.2, 0.25) is 0 Å². The Labute approximate surface area is 81.4 Å². The van der Waals surface area contributed by atoms with Gasteiger partial charge in [0.15, 0.2) is 0 Å². The van der Waals surface area contributed by atoms with E-state index in [1.165, 1.54) is 0 Å². The maximum Gasteiger partial charge on any atom is 0.352 e. The number of aromatic carboxylic acids is 1. The normalized spacial score (nSPS) is 10.7. The summed E-state index contributed by atoms with van der Waals surface area (Å²) in [6.07, 6.45) is 0. The van der Waals surface area contributed by atoms with Gasteiger partial charge in [-0.1, -0.05) is 12.1 Å². The van der Waals surface area contributed by atoms with E-state index in [4.69, 9.17) is 5.11 Å². The standard InChI is InChI=1S/C11H11NO2/c1-6-4-3-5-8-9(6)7(2)10(12-8)11(13)14/h3-5,12H,1-2H3,(H,13,14). The molecule has 2 rings (SSSR count). The molecule has 0 fully saturated rings. The highest BCUT2D eigenvalue weighted by atomic mass is 16.4. The highest BCUT2D eigenvalue weighted by Gasteiger charge is 2.13. The Hall–Kier alpha value is -1.77. The zero-order valence-corrected chi connectivity index (χ0v) is 8.09. The quantitative estimate of drug-likeness (QED) is 0.724. The van der Waals surface area contributed by atoms with E-state index in [1.54, 1.807) is 0 Å². The summed E-state index contributed by atoms with van der Waals surface area (Å²) in [5.74, 6) is -0.905. The molecule has 2 N–H and O–H groups in total. The lowest BCUT2D eigenvalue weighted by atomic mass is 10.1. The molecule has 0 atom stereocenters. The maximum atomic E-state index is 10.9. The zero-order valence-electron chi connectivity index (χ0n) is 8.09. The molecule has 0 amide bonds. The lowest BCUT2D eigenvalue weighted by Crippen LogP contribution is -1.98. The summed E-state index contributed by atoms with van der Waals surface area (Å²) < 4.78 is 0. The molecular formula is C11H11NO2. The van der Waals surface area contributed by atoms with Gasteiger partial charge in [-0.15, -0.1) is 0 Å². The predicted octanol–water partition coefficient (Wildman–Crippen LogP) is 2.48. The minimum absolute atomic E-state index is 0.286. The zero-order chi connectivity index (χ0) is 10.3. The smallest absolute Gasteiger partial charge is 0.352 e.